The predicted molar refractivity (Wildman–Crippen MR) is 161 cm³/mol. The van der Waals surface area contributed by atoms with E-state index in [1.807, 2.05) is 12.1 Å². The monoisotopic (exact) mass is 638 g/mol. The number of rotatable bonds is 8. The normalized spacial score (nSPS) is 16.9. The highest BCUT2D eigenvalue weighted by molar-refractivity contribution is 6.00. The summed E-state index contributed by atoms with van der Waals surface area (Å²) in [6.45, 7) is 5.04. The summed E-state index contributed by atoms with van der Waals surface area (Å²) in [5.74, 6) is 0.138. The molecule has 13 heteroatoms. The van der Waals surface area contributed by atoms with E-state index in [9.17, 15) is 27.9 Å². The zero-order chi connectivity index (χ0) is 33.3. The molecule has 46 heavy (non-hydrogen) atoms. The zero-order valence-electron chi connectivity index (χ0n) is 25.7. The summed E-state index contributed by atoms with van der Waals surface area (Å²) in [4.78, 5) is 29.9. The molecule has 1 fully saturated rings. The van der Waals surface area contributed by atoms with E-state index in [2.05, 4.69) is 10.2 Å². The standard InChI is InChI=1S/C33H33F3N4O6/c1-31(2,3)46-30(43)40(23-13-11-22(12-14-23)33(34,35)36)26-8-6-5-7-25(26)27-37-38-28(45-27)32(20-41)17-18-39(29(32)42)19-21-9-15-24(44-4)16-10-21/h5-16,41H,17-20H2,1-4H3. The molecule has 1 aliphatic heterocycles. The first-order chi connectivity index (χ1) is 21.8. The molecule has 5 rings (SSSR count). The number of aliphatic hydroxyl groups is 1. The maximum Gasteiger partial charge on any atom is 0.419 e. The van der Waals surface area contributed by atoms with Crippen molar-refractivity contribution in [1.82, 2.24) is 15.1 Å². The summed E-state index contributed by atoms with van der Waals surface area (Å²) >= 11 is 0. The average molecular weight is 639 g/mol. The zero-order valence-corrected chi connectivity index (χ0v) is 25.7. The predicted octanol–water partition coefficient (Wildman–Crippen LogP) is 6.50. The Morgan fingerprint density at radius 2 is 1.70 bits per heavy atom. The second-order valence-electron chi connectivity index (χ2n) is 11.9. The van der Waals surface area contributed by atoms with Crippen LogP contribution in [-0.4, -0.2) is 58.1 Å². The van der Waals surface area contributed by atoms with Crippen molar-refractivity contribution < 1.29 is 41.8 Å². The van der Waals surface area contributed by atoms with Gasteiger partial charge in [-0.15, -0.1) is 10.2 Å². The van der Waals surface area contributed by atoms with Gasteiger partial charge in [0, 0.05) is 13.1 Å². The molecule has 3 aromatic carbocycles. The number of anilines is 2. The van der Waals surface area contributed by atoms with Crippen molar-refractivity contribution >= 4 is 23.4 Å². The lowest BCUT2D eigenvalue weighted by atomic mass is 9.87. The van der Waals surface area contributed by atoms with E-state index < -0.39 is 35.5 Å². The van der Waals surface area contributed by atoms with Crippen molar-refractivity contribution in [2.45, 2.75) is 50.9 Å². The molecule has 10 nitrogen and oxygen atoms in total. The Kier molecular flexibility index (Phi) is 8.81. The second kappa shape index (κ2) is 12.5. The van der Waals surface area contributed by atoms with Crippen LogP contribution in [0.4, 0.5) is 29.3 Å². The number of aliphatic hydroxyl groups excluding tert-OH is 1. The van der Waals surface area contributed by atoms with Gasteiger partial charge in [0.25, 0.3) is 0 Å². The molecular weight excluding hydrogens is 605 g/mol. The van der Waals surface area contributed by atoms with Gasteiger partial charge in [-0.25, -0.2) is 9.69 Å². The molecule has 1 unspecified atom stereocenters. The third-order valence-corrected chi connectivity index (χ3v) is 7.55. The number of benzene rings is 3. The van der Waals surface area contributed by atoms with Gasteiger partial charge in [0.05, 0.1) is 36.2 Å². The Morgan fingerprint density at radius 3 is 2.30 bits per heavy atom. The van der Waals surface area contributed by atoms with Crippen molar-refractivity contribution in [1.29, 1.82) is 0 Å². The topological polar surface area (TPSA) is 118 Å². The molecule has 2 heterocycles. The van der Waals surface area contributed by atoms with Crippen LogP contribution >= 0.6 is 0 Å². The second-order valence-corrected chi connectivity index (χ2v) is 11.9. The van der Waals surface area contributed by atoms with E-state index in [-0.39, 0.29) is 41.0 Å². The molecule has 2 amide bonds. The number of para-hydroxylation sites is 1. The molecule has 0 aliphatic carbocycles. The number of alkyl halides is 3. The van der Waals surface area contributed by atoms with Gasteiger partial charge in [-0.2, -0.15) is 13.2 Å². The van der Waals surface area contributed by atoms with Crippen LogP contribution in [0.15, 0.2) is 77.2 Å². The van der Waals surface area contributed by atoms with Crippen LogP contribution in [0.2, 0.25) is 0 Å². The van der Waals surface area contributed by atoms with Crippen molar-refractivity contribution in [3.8, 4) is 17.2 Å². The summed E-state index contributed by atoms with van der Waals surface area (Å²) in [5.41, 5.74) is -1.89. The van der Waals surface area contributed by atoms with Crippen LogP contribution in [0.3, 0.4) is 0 Å². The van der Waals surface area contributed by atoms with Gasteiger partial charge in [-0.1, -0.05) is 24.3 Å². The van der Waals surface area contributed by atoms with E-state index in [1.54, 1.807) is 69.2 Å². The molecular formula is C33H33F3N4O6. The molecule has 0 spiro atoms. The van der Waals surface area contributed by atoms with Crippen LogP contribution in [0.25, 0.3) is 11.5 Å². The van der Waals surface area contributed by atoms with E-state index in [0.717, 1.165) is 34.7 Å². The van der Waals surface area contributed by atoms with Crippen molar-refractivity contribution in [2.24, 2.45) is 0 Å². The number of carbonyl (C=O) groups excluding carboxylic acids is 2. The first-order valence-electron chi connectivity index (χ1n) is 14.4. The van der Waals surface area contributed by atoms with Crippen molar-refractivity contribution in [3.05, 3.63) is 89.8 Å². The number of likely N-dealkylation sites (tertiary alicyclic amines) is 1. The number of nitrogens with zero attached hydrogens (tertiary/aromatic N) is 4. The van der Waals surface area contributed by atoms with Gasteiger partial charge in [-0.05, 0) is 81.3 Å². The number of hydrogen-bond acceptors (Lipinski definition) is 8. The number of methoxy groups -OCH3 is 1. The minimum absolute atomic E-state index is 0.0692. The van der Waals surface area contributed by atoms with Crippen LogP contribution in [0.5, 0.6) is 5.75 Å². The Balaban J connectivity index is 1.49. The minimum Gasteiger partial charge on any atom is -0.497 e. The van der Waals surface area contributed by atoms with Crippen LogP contribution in [0, 0.1) is 0 Å². The summed E-state index contributed by atoms with van der Waals surface area (Å²) in [6, 6.07) is 17.8. The van der Waals surface area contributed by atoms with E-state index in [4.69, 9.17) is 13.9 Å². The number of ether oxygens (including phenoxy) is 2. The van der Waals surface area contributed by atoms with E-state index >= 15 is 0 Å². The highest BCUT2D eigenvalue weighted by Crippen LogP contribution is 2.41. The quantitative estimate of drug-likeness (QED) is 0.232. The molecule has 1 aromatic heterocycles. The summed E-state index contributed by atoms with van der Waals surface area (Å²) in [7, 11) is 1.56. The minimum atomic E-state index is -4.57. The van der Waals surface area contributed by atoms with Crippen molar-refractivity contribution in [2.75, 3.05) is 25.2 Å². The van der Waals surface area contributed by atoms with Crippen molar-refractivity contribution in [3.63, 3.8) is 0 Å². The number of halogens is 3. The largest absolute Gasteiger partial charge is 0.497 e. The number of aromatic nitrogens is 2. The molecule has 1 aliphatic rings. The first kappa shape index (κ1) is 32.5. The Morgan fingerprint density at radius 1 is 1.02 bits per heavy atom. The molecule has 0 radical (unpaired) electrons. The third kappa shape index (κ3) is 6.54. The lowest BCUT2D eigenvalue weighted by molar-refractivity contribution is -0.137. The fourth-order valence-corrected chi connectivity index (χ4v) is 5.18. The molecule has 0 bridgehead atoms. The summed E-state index contributed by atoms with van der Waals surface area (Å²) in [5, 5.41) is 18.8. The molecule has 1 atom stereocenters. The molecule has 1 N–H and O–H groups in total. The molecule has 242 valence electrons. The van der Waals surface area contributed by atoms with E-state index in [1.165, 1.54) is 0 Å². The lowest BCUT2D eigenvalue weighted by Gasteiger charge is -2.28. The smallest absolute Gasteiger partial charge is 0.419 e. The fourth-order valence-electron chi connectivity index (χ4n) is 5.18. The first-order valence-corrected chi connectivity index (χ1v) is 14.4. The molecule has 4 aromatic rings. The van der Waals surface area contributed by atoms with Gasteiger partial charge in [-0.3, -0.25) is 4.79 Å². The van der Waals surface area contributed by atoms with Gasteiger partial charge < -0.3 is 23.9 Å². The lowest BCUT2D eigenvalue weighted by Crippen LogP contribution is -2.41. The summed E-state index contributed by atoms with van der Waals surface area (Å²) in [6.07, 6.45) is -5.21. The Labute approximate surface area is 263 Å². The van der Waals surface area contributed by atoms with Gasteiger partial charge in [0.15, 0.2) is 5.41 Å². The van der Waals surface area contributed by atoms with Gasteiger partial charge >= 0.3 is 12.3 Å². The van der Waals surface area contributed by atoms with Gasteiger partial charge in [0.2, 0.25) is 17.7 Å². The van der Waals surface area contributed by atoms with Crippen LogP contribution < -0.4 is 9.64 Å². The Hall–Kier alpha value is -4.91. The highest BCUT2D eigenvalue weighted by atomic mass is 19.4. The highest BCUT2D eigenvalue weighted by Gasteiger charge is 2.52. The number of hydrogen-bond donors (Lipinski definition) is 1. The molecule has 1 saturated heterocycles. The maximum atomic E-state index is 13.7. The average Bonchev–Trinajstić information content (AvgIpc) is 3.62. The number of amides is 2. The van der Waals surface area contributed by atoms with Crippen LogP contribution in [0.1, 0.15) is 44.2 Å². The number of carbonyl (C=O) groups is 2. The van der Waals surface area contributed by atoms with E-state index in [0.29, 0.717) is 18.8 Å². The van der Waals surface area contributed by atoms with Crippen LogP contribution in [-0.2, 0) is 27.7 Å². The Bertz CT molecular complexity index is 1700. The van der Waals surface area contributed by atoms with Gasteiger partial charge in [0.1, 0.15) is 11.4 Å². The summed E-state index contributed by atoms with van der Waals surface area (Å²) < 4.78 is 56.8. The third-order valence-electron chi connectivity index (χ3n) is 7.55. The SMILES string of the molecule is COc1ccc(CN2CCC(CO)(c3nnc(-c4ccccc4N(C(=O)OC(C)(C)C)c4ccc(C(F)(F)F)cc4)o3)C2=O)cc1. The molecule has 0 saturated carbocycles. The maximum absolute atomic E-state index is 13.7. The fraction of sp³-hybridized carbons (Fsp3) is 0.333.